The lowest BCUT2D eigenvalue weighted by Crippen LogP contribution is -1.98. The van der Waals surface area contributed by atoms with Crippen LogP contribution in [0.1, 0.15) is 29.2 Å². The Morgan fingerprint density at radius 3 is 2.48 bits per heavy atom. The van der Waals surface area contributed by atoms with Crippen molar-refractivity contribution in [1.29, 1.82) is 5.26 Å². The van der Waals surface area contributed by atoms with Crippen LogP contribution in [0.2, 0.25) is 0 Å². The molecule has 0 radical (unpaired) electrons. The maximum atomic E-state index is 9.46. The minimum atomic E-state index is 0.560. The molecule has 1 aromatic heterocycles. The molecule has 1 N–H and O–H groups in total. The highest BCUT2D eigenvalue weighted by atomic mass is 14.9. The molecule has 0 atom stereocenters. The summed E-state index contributed by atoms with van der Waals surface area (Å²) in [6, 6.07) is 14.8. The Balaban J connectivity index is 2.19. The number of nitriles is 1. The molecule has 0 aliphatic heterocycles. The zero-order valence-corrected chi connectivity index (χ0v) is 13.6. The fourth-order valence-corrected chi connectivity index (χ4v) is 2.87. The topological polar surface area (TPSA) is 48.7 Å². The molecule has 3 rings (SSSR count). The van der Waals surface area contributed by atoms with Gasteiger partial charge in [-0.05, 0) is 61.2 Å². The van der Waals surface area contributed by atoms with E-state index in [0.717, 1.165) is 28.7 Å². The summed E-state index contributed by atoms with van der Waals surface area (Å²) in [5.74, 6) is 0. The lowest BCUT2D eigenvalue weighted by molar-refractivity contribution is 1.14. The third kappa shape index (κ3) is 3.02. The smallest absolute Gasteiger partial charge is 0.103 e. The average molecular weight is 301 g/mol. The first-order valence-electron chi connectivity index (χ1n) is 7.77. The number of nitrogens with one attached hydrogen (secondary N) is 1. The van der Waals surface area contributed by atoms with E-state index in [1.807, 2.05) is 6.07 Å². The maximum absolute atomic E-state index is 9.46. The largest absolute Gasteiger partial charge is 0.354 e. The zero-order chi connectivity index (χ0) is 16.4. The number of benzene rings is 2. The molecule has 2 aromatic carbocycles. The summed E-state index contributed by atoms with van der Waals surface area (Å²) >= 11 is 0. The summed E-state index contributed by atoms with van der Waals surface area (Å²) in [6.07, 6.45) is 2.59. The van der Waals surface area contributed by atoms with E-state index in [1.165, 1.54) is 16.7 Å². The van der Waals surface area contributed by atoms with Crippen LogP contribution in [0.15, 0.2) is 42.6 Å². The van der Waals surface area contributed by atoms with Gasteiger partial charge in [0, 0.05) is 17.3 Å². The highest BCUT2D eigenvalue weighted by molar-refractivity contribution is 5.96. The normalized spacial score (nSPS) is 10.5. The second kappa shape index (κ2) is 6.10. The van der Waals surface area contributed by atoms with E-state index in [9.17, 15) is 5.26 Å². The molecule has 0 aliphatic rings. The van der Waals surface area contributed by atoms with Crippen LogP contribution in [0, 0.1) is 25.2 Å². The number of aromatic nitrogens is 1. The van der Waals surface area contributed by atoms with Gasteiger partial charge in [0.05, 0.1) is 16.8 Å². The molecule has 0 unspecified atom stereocenters. The van der Waals surface area contributed by atoms with Crippen molar-refractivity contribution in [3.8, 4) is 6.07 Å². The van der Waals surface area contributed by atoms with Crippen molar-refractivity contribution >= 4 is 22.3 Å². The Bertz CT molecular complexity index is 900. The number of anilines is 2. The second-order valence-corrected chi connectivity index (χ2v) is 5.87. The maximum Gasteiger partial charge on any atom is 0.103 e. The summed E-state index contributed by atoms with van der Waals surface area (Å²) in [6.45, 7) is 6.27. The lowest BCUT2D eigenvalue weighted by atomic mass is 10.0. The first-order chi connectivity index (χ1) is 11.1. The van der Waals surface area contributed by atoms with E-state index in [0.29, 0.717) is 5.56 Å². The molecule has 0 aliphatic carbocycles. The number of fused-ring (bicyclic) bond motifs is 1. The van der Waals surface area contributed by atoms with Crippen molar-refractivity contribution in [3.05, 3.63) is 64.8 Å². The summed E-state index contributed by atoms with van der Waals surface area (Å²) in [5, 5.41) is 13.9. The number of nitrogens with zero attached hydrogens (tertiary/aromatic N) is 2. The molecule has 0 fully saturated rings. The van der Waals surface area contributed by atoms with E-state index >= 15 is 0 Å². The van der Waals surface area contributed by atoms with Crippen LogP contribution in [0.5, 0.6) is 0 Å². The lowest BCUT2D eigenvalue weighted by Gasteiger charge is -2.13. The highest BCUT2D eigenvalue weighted by Crippen LogP contribution is 2.30. The van der Waals surface area contributed by atoms with Crippen LogP contribution in [-0.4, -0.2) is 4.98 Å². The van der Waals surface area contributed by atoms with Gasteiger partial charge in [0.1, 0.15) is 6.07 Å². The van der Waals surface area contributed by atoms with Crippen molar-refractivity contribution in [2.75, 3.05) is 5.32 Å². The van der Waals surface area contributed by atoms with Gasteiger partial charge in [-0.3, -0.25) is 4.98 Å². The zero-order valence-electron chi connectivity index (χ0n) is 13.6. The fourth-order valence-electron chi connectivity index (χ4n) is 2.87. The van der Waals surface area contributed by atoms with Crippen molar-refractivity contribution in [2.45, 2.75) is 27.2 Å². The van der Waals surface area contributed by atoms with Gasteiger partial charge in [-0.2, -0.15) is 5.26 Å². The molecule has 0 spiro atoms. The highest BCUT2D eigenvalue weighted by Gasteiger charge is 2.10. The van der Waals surface area contributed by atoms with E-state index < -0.39 is 0 Å². The summed E-state index contributed by atoms with van der Waals surface area (Å²) in [5.41, 5.74) is 6.90. The Morgan fingerprint density at radius 2 is 1.83 bits per heavy atom. The van der Waals surface area contributed by atoms with E-state index in [1.54, 1.807) is 6.20 Å². The fraction of sp³-hybridized carbons (Fsp3) is 0.200. The van der Waals surface area contributed by atoms with Crippen molar-refractivity contribution in [1.82, 2.24) is 4.98 Å². The SMILES string of the molecule is CCc1ccc2ncc(C#N)c(Nc3cc(C)cc(C)c3)c2c1. The molecule has 3 nitrogen and oxygen atoms in total. The van der Waals surface area contributed by atoms with E-state index in [4.69, 9.17) is 0 Å². The molecular formula is C20H19N3. The first kappa shape index (κ1) is 15.1. The van der Waals surface area contributed by atoms with Gasteiger partial charge in [-0.1, -0.05) is 19.1 Å². The molecule has 0 bridgehead atoms. The molecule has 0 amide bonds. The Morgan fingerprint density at radius 1 is 1.09 bits per heavy atom. The predicted octanol–water partition coefficient (Wildman–Crippen LogP) is 5.03. The Kier molecular flexibility index (Phi) is 3.99. The molecule has 0 saturated heterocycles. The van der Waals surface area contributed by atoms with Gasteiger partial charge >= 0.3 is 0 Å². The van der Waals surface area contributed by atoms with Gasteiger partial charge in [0.15, 0.2) is 0 Å². The molecular weight excluding hydrogens is 282 g/mol. The van der Waals surface area contributed by atoms with E-state index in [-0.39, 0.29) is 0 Å². The Hall–Kier alpha value is -2.86. The Labute approximate surface area is 136 Å². The number of hydrogen-bond acceptors (Lipinski definition) is 3. The van der Waals surface area contributed by atoms with Gasteiger partial charge < -0.3 is 5.32 Å². The number of aryl methyl sites for hydroxylation is 3. The quantitative estimate of drug-likeness (QED) is 0.738. The minimum absolute atomic E-state index is 0.560. The average Bonchev–Trinajstić information content (AvgIpc) is 2.53. The van der Waals surface area contributed by atoms with Crippen LogP contribution < -0.4 is 5.32 Å². The van der Waals surface area contributed by atoms with Crippen LogP contribution in [0.25, 0.3) is 10.9 Å². The standard InChI is InChI=1S/C20H19N3/c1-4-15-5-6-19-18(10-15)20(16(11-21)12-22-19)23-17-8-13(2)7-14(3)9-17/h5-10,12H,4H2,1-3H3,(H,22,23). The third-order valence-electron chi connectivity index (χ3n) is 3.95. The predicted molar refractivity (Wildman–Crippen MR) is 95.0 cm³/mol. The first-order valence-corrected chi connectivity index (χ1v) is 7.77. The number of rotatable bonds is 3. The van der Waals surface area contributed by atoms with Gasteiger partial charge in [-0.25, -0.2) is 0 Å². The minimum Gasteiger partial charge on any atom is -0.354 e. The molecule has 3 aromatic rings. The molecule has 3 heteroatoms. The second-order valence-electron chi connectivity index (χ2n) is 5.87. The molecule has 1 heterocycles. The molecule has 0 saturated carbocycles. The third-order valence-corrected chi connectivity index (χ3v) is 3.95. The van der Waals surface area contributed by atoms with Crippen LogP contribution >= 0.6 is 0 Å². The van der Waals surface area contributed by atoms with Gasteiger partial charge in [0.2, 0.25) is 0 Å². The molecule has 114 valence electrons. The van der Waals surface area contributed by atoms with Crippen LogP contribution in [0.4, 0.5) is 11.4 Å². The van der Waals surface area contributed by atoms with Crippen molar-refractivity contribution < 1.29 is 0 Å². The van der Waals surface area contributed by atoms with Crippen LogP contribution in [-0.2, 0) is 6.42 Å². The number of pyridine rings is 1. The summed E-state index contributed by atoms with van der Waals surface area (Å²) < 4.78 is 0. The van der Waals surface area contributed by atoms with E-state index in [2.05, 4.69) is 67.5 Å². The van der Waals surface area contributed by atoms with Gasteiger partial charge in [0.25, 0.3) is 0 Å². The van der Waals surface area contributed by atoms with Crippen molar-refractivity contribution in [3.63, 3.8) is 0 Å². The van der Waals surface area contributed by atoms with Crippen LogP contribution in [0.3, 0.4) is 0 Å². The molecule has 23 heavy (non-hydrogen) atoms. The number of hydrogen-bond donors (Lipinski definition) is 1. The summed E-state index contributed by atoms with van der Waals surface area (Å²) in [7, 11) is 0. The monoisotopic (exact) mass is 301 g/mol. The van der Waals surface area contributed by atoms with Gasteiger partial charge in [-0.15, -0.1) is 0 Å². The van der Waals surface area contributed by atoms with Crippen molar-refractivity contribution in [2.24, 2.45) is 0 Å². The summed E-state index contributed by atoms with van der Waals surface area (Å²) in [4.78, 5) is 4.40.